The Morgan fingerprint density at radius 3 is 1.78 bits per heavy atom. The second-order valence-electron chi connectivity index (χ2n) is 20.6. The van der Waals surface area contributed by atoms with Gasteiger partial charge in [-0.25, -0.2) is 19.4 Å². The fourth-order valence-electron chi connectivity index (χ4n) is 9.17. The number of benzene rings is 5. The molecule has 5 aromatic carbocycles. The number of anilines is 1. The zero-order valence-electron chi connectivity index (χ0n) is 44.0. The second-order valence-corrected chi connectivity index (χ2v) is 23.7. The van der Waals surface area contributed by atoms with E-state index < -0.39 is 64.3 Å². The monoisotopic (exact) mass is 1100 g/mol. The minimum atomic E-state index is -1.41. The van der Waals surface area contributed by atoms with E-state index >= 15 is 9.59 Å². The van der Waals surface area contributed by atoms with Crippen molar-refractivity contribution in [3.05, 3.63) is 212 Å². The number of hydrogen-bond acceptors (Lipinski definition) is 14. The third-order valence-corrected chi connectivity index (χ3v) is 16.1. The molecule has 1 unspecified atom stereocenters. The Morgan fingerprint density at radius 2 is 1.24 bits per heavy atom. The summed E-state index contributed by atoms with van der Waals surface area (Å²) in [5.74, 6) is -1.78. The third kappa shape index (κ3) is 12.8. The molecule has 0 bridgehead atoms. The molecule has 9 rings (SSSR count). The van der Waals surface area contributed by atoms with Crippen LogP contribution in [0.1, 0.15) is 100 Å². The van der Waals surface area contributed by atoms with Crippen LogP contribution < -0.4 is 16.0 Å². The van der Waals surface area contributed by atoms with E-state index in [-0.39, 0.29) is 34.5 Å². The first-order chi connectivity index (χ1) is 37.5. The Kier molecular flexibility index (Phi) is 16.9. The minimum Gasteiger partial charge on any atom is -0.448 e. The van der Waals surface area contributed by atoms with Gasteiger partial charge in [0.2, 0.25) is 5.60 Å². The van der Waals surface area contributed by atoms with Crippen LogP contribution in [0.15, 0.2) is 183 Å². The Labute approximate surface area is 466 Å². The standard InChI is InChI=1S/C60H60N6O9S3/c1-58(2,3)73-56(70)61-35-40-27-22-34-45(40)78-46-37-76-53-48(52(68)66(53)49(46)54(69)72-50(38-23-12-7-13-24-38)39-25-14-8-15-26-39)63-51(67)47(44-36-77-55(62-44)64-57(71)74-59(4,5)6)65-75-60(41-28-16-9-17-29-41,42-30-18-10-19-31-42)43-32-20-11-21-33-43/h7-21,23-26,28-33,36,48,50,53H,22,27,34-35,37H2,1-6H3,(H,61,70)(H,63,67)(H,62,64,71)/b65-47-/t48?,53-/m1/s1. The smallest absolute Gasteiger partial charge is 0.413 e. The van der Waals surface area contributed by atoms with Crippen LogP contribution in [0.4, 0.5) is 14.7 Å². The van der Waals surface area contributed by atoms with Gasteiger partial charge in [0.05, 0.1) is 0 Å². The molecule has 1 saturated heterocycles. The van der Waals surface area contributed by atoms with Crippen LogP contribution in [-0.2, 0) is 39.0 Å². The number of allylic oxidation sites excluding steroid dienone is 1. The lowest BCUT2D eigenvalue weighted by Gasteiger charge is -2.49. The Bertz CT molecular complexity index is 3100. The number of hydrogen-bond donors (Lipinski definition) is 3. The summed E-state index contributed by atoms with van der Waals surface area (Å²) in [6.45, 7) is 10.9. The van der Waals surface area contributed by atoms with Gasteiger partial charge in [-0.2, -0.15) is 0 Å². The molecule has 3 aliphatic rings. The van der Waals surface area contributed by atoms with Gasteiger partial charge in [0.15, 0.2) is 16.9 Å². The Morgan fingerprint density at radius 1 is 0.718 bits per heavy atom. The highest BCUT2D eigenvalue weighted by atomic mass is 32.2. The maximum absolute atomic E-state index is 15.1. The normalized spacial score (nSPS) is 16.7. The molecule has 1 fully saturated rings. The molecule has 4 amide bonds. The number of β-lactam (4-membered cyclic amide) rings is 1. The first-order valence-corrected chi connectivity index (χ1v) is 28.3. The number of amides is 4. The van der Waals surface area contributed by atoms with E-state index in [2.05, 4.69) is 26.1 Å². The second kappa shape index (κ2) is 23.9. The molecule has 0 saturated carbocycles. The molecular weight excluding hydrogens is 1040 g/mol. The number of carbonyl (C=O) groups is 5. The van der Waals surface area contributed by atoms with Gasteiger partial charge >= 0.3 is 18.2 Å². The van der Waals surface area contributed by atoms with Gasteiger partial charge in [0, 0.05) is 39.3 Å². The first kappa shape index (κ1) is 55.1. The SMILES string of the molecule is CC(C)(C)OC(=O)NCC1=C(SC2=C(C(=O)OC(c3ccccc3)c3ccccc3)N3C(=O)C(NC(=O)/C(=N\OC(c4ccccc4)(c4ccccc4)c4ccccc4)c4csc(NC(=O)OC(C)(C)C)n4)[C@H]3SC2)CCC1. The van der Waals surface area contributed by atoms with Crippen molar-refractivity contribution in [3.8, 4) is 0 Å². The highest BCUT2D eigenvalue weighted by Gasteiger charge is 2.55. The average Bonchev–Trinajstić information content (AvgIpc) is 4.20. The summed E-state index contributed by atoms with van der Waals surface area (Å²) in [5.41, 5.74) is 1.55. The number of thiazole rings is 1. The summed E-state index contributed by atoms with van der Waals surface area (Å²) in [6.07, 6.45) is 0.175. The lowest BCUT2D eigenvalue weighted by molar-refractivity contribution is -0.154. The average molecular weight is 1110 g/mol. The number of alkyl carbamates (subject to hydrolysis) is 1. The number of carbonyl (C=O) groups excluding carboxylic acids is 5. The summed E-state index contributed by atoms with van der Waals surface area (Å²) in [4.78, 5) is 85.2. The van der Waals surface area contributed by atoms with Crippen molar-refractivity contribution in [2.75, 3.05) is 17.6 Å². The van der Waals surface area contributed by atoms with E-state index in [0.717, 1.165) is 45.8 Å². The molecule has 1 aromatic heterocycles. The maximum Gasteiger partial charge on any atom is 0.413 e. The number of aromatic nitrogens is 1. The van der Waals surface area contributed by atoms with Gasteiger partial charge in [0.25, 0.3) is 11.8 Å². The van der Waals surface area contributed by atoms with Crippen molar-refractivity contribution >= 4 is 75.7 Å². The van der Waals surface area contributed by atoms with E-state index in [1.165, 1.54) is 28.4 Å². The van der Waals surface area contributed by atoms with Crippen LogP contribution in [0.5, 0.6) is 0 Å². The molecule has 15 nitrogen and oxygen atoms in total. The number of nitrogens with zero attached hydrogens (tertiary/aromatic N) is 3. The van der Waals surface area contributed by atoms with Crippen LogP contribution in [0.2, 0.25) is 0 Å². The van der Waals surface area contributed by atoms with Crippen molar-refractivity contribution in [2.45, 2.75) is 95.1 Å². The Balaban J connectivity index is 1.07. The quantitative estimate of drug-likeness (QED) is 0.0196. The first-order valence-electron chi connectivity index (χ1n) is 25.5. The van der Waals surface area contributed by atoms with Crippen molar-refractivity contribution < 1.29 is 43.0 Å². The number of rotatable bonds is 17. The largest absolute Gasteiger partial charge is 0.448 e. The van der Waals surface area contributed by atoms with Crippen LogP contribution in [0.25, 0.3) is 0 Å². The van der Waals surface area contributed by atoms with Gasteiger partial charge in [-0.3, -0.25) is 19.8 Å². The van der Waals surface area contributed by atoms with Crippen LogP contribution >= 0.6 is 34.9 Å². The number of thioether (sulfide) groups is 2. The number of fused-ring (bicyclic) bond motifs is 1. The lowest BCUT2D eigenvalue weighted by atomic mass is 9.80. The zero-order valence-corrected chi connectivity index (χ0v) is 46.5. The molecule has 2 aliphatic heterocycles. The minimum absolute atomic E-state index is 0.0454. The van der Waals surface area contributed by atoms with Crippen LogP contribution in [-0.4, -0.2) is 80.5 Å². The van der Waals surface area contributed by atoms with Gasteiger partial charge in [-0.1, -0.05) is 169 Å². The molecule has 2 atom stereocenters. The lowest BCUT2D eigenvalue weighted by Crippen LogP contribution is -2.71. The zero-order chi connectivity index (χ0) is 55.0. The molecule has 1 aliphatic carbocycles. The summed E-state index contributed by atoms with van der Waals surface area (Å²) in [7, 11) is 0. The van der Waals surface area contributed by atoms with Crippen LogP contribution in [0.3, 0.4) is 0 Å². The predicted molar refractivity (Wildman–Crippen MR) is 304 cm³/mol. The number of nitrogens with one attached hydrogen (secondary N) is 3. The molecular formula is C60H60N6O9S3. The molecule has 3 heterocycles. The summed E-state index contributed by atoms with van der Waals surface area (Å²) < 4.78 is 17.5. The van der Waals surface area contributed by atoms with Gasteiger partial charge < -0.3 is 29.7 Å². The molecule has 78 heavy (non-hydrogen) atoms. The molecule has 0 radical (unpaired) electrons. The summed E-state index contributed by atoms with van der Waals surface area (Å²) in [6, 6.07) is 46.2. The fraction of sp³-hybridized carbons (Fsp3) is 0.283. The van der Waals surface area contributed by atoms with Crippen LogP contribution in [0, 0.1) is 0 Å². The van der Waals surface area contributed by atoms with E-state index in [4.69, 9.17) is 19.0 Å². The molecule has 402 valence electrons. The molecule has 18 heteroatoms. The highest BCUT2D eigenvalue weighted by molar-refractivity contribution is 8.09. The molecule has 0 spiro atoms. The van der Waals surface area contributed by atoms with Gasteiger partial charge in [0.1, 0.15) is 34.0 Å². The molecule has 6 aromatic rings. The van der Waals surface area contributed by atoms with E-state index in [9.17, 15) is 14.4 Å². The summed E-state index contributed by atoms with van der Waals surface area (Å²) in [5, 5.41) is 14.1. The van der Waals surface area contributed by atoms with E-state index in [0.29, 0.717) is 28.0 Å². The Hall–Kier alpha value is -7.67. The van der Waals surface area contributed by atoms with E-state index in [1.807, 2.05) is 152 Å². The van der Waals surface area contributed by atoms with E-state index in [1.54, 1.807) is 46.9 Å². The number of esters is 1. The maximum atomic E-state index is 15.1. The fourth-order valence-corrected chi connectivity index (χ4v) is 12.6. The van der Waals surface area contributed by atoms with Crippen molar-refractivity contribution in [3.63, 3.8) is 0 Å². The molecule has 3 N–H and O–H groups in total. The van der Waals surface area contributed by atoms with Gasteiger partial charge in [-0.15, -0.1) is 23.1 Å². The third-order valence-electron chi connectivity index (χ3n) is 12.6. The predicted octanol–water partition coefficient (Wildman–Crippen LogP) is 11.8. The van der Waals surface area contributed by atoms with Gasteiger partial charge in [-0.05, 0) is 82.4 Å². The van der Waals surface area contributed by atoms with Crippen molar-refractivity contribution in [1.29, 1.82) is 0 Å². The van der Waals surface area contributed by atoms with Crippen molar-refractivity contribution in [1.82, 2.24) is 20.5 Å². The topological polar surface area (TPSA) is 187 Å². The number of ether oxygens (including phenoxy) is 3. The highest BCUT2D eigenvalue weighted by Crippen LogP contribution is 2.49. The van der Waals surface area contributed by atoms with Crippen molar-refractivity contribution in [2.24, 2.45) is 5.16 Å². The number of oxime groups is 1. The summed E-state index contributed by atoms with van der Waals surface area (Å²) >= 11 is 3.85.